The molecular formula is C16H15N3O5. The van der Waals surface area contributed by atoms with Gasteiger partial charge in [-0.05, 0) is 0 Å². The fourth-order valence-electron chi connectivity index (χ4n) is 2.49. The van der Waals surface area contributed by atoms with E-state index in [0.29, 0.717) is 0 Å². The number of nitrogens with zero attached hydrogens (tertiary/aromatic N) is 3. The highest BCUT2D eigenvalue weighted by atomic mass is 16.6. The second kappa shape index (κ2) is 6.86. The Morgan fingerprint density at radius 1 is 0.875 bits per heavy atom. The SMILES string of the molecule is CN(C)C(=O)C(c1ccccc1[N+](=O)[O-])c1ccccc1[N+](=O)[O-]. The van der Waals surface area contributed by atoms with Crippen molar-refractivity contribution in [3.05, 3.63) is 79.9 Å². The van der Waals surface area contributed by atoms with Gasteiger partial charge in [-0.15, -0.1) is 0 Å². The van der Waals surface area contributed by atoms with Gasteiger partial charge in [-0.3, -0.25) is 25.0 Å². The van der Waals surface area contributed by atoms with Gasteiger partial charge in [-0.2, -0.15) is 0 Å². The number of amides is 1. The predicted octanol–water partition coefficient (Wildman–Crippen LogP) is 2.72. The number of benzene rings is 2. The lowest BCUT2D eigenvalue weighted by atomic mass is 9.88. The Kier molecular flexibility index (Phi) is 4.88. The standard InChI is InChI=1S/C16H15N3O5/c1-17(2)16(20)15(11-7-3-5-9-13(11)18(21)22)12-8-4-6-10-14(12)19(23)24/h3-10,15H,1-2H3. The van der Waals surface area contributed by atoms with Gasteiger partial charge in [0.1, 0.15) is 5.92 Å². The Hall–Kier alpha value is -3.29. The average molecular weight is 329 g/mol. The van der Waals surface area contributed by atoms with Crippen LogP contribution in [0.15, 0.2) is 48.5 Å². The molecule has 2 rings (SSSR count). The van der Waals surface area contributed by atoms with Gasteiger partial charge in [0.2, 0.25) is 5.91 Å². The predicted molar refractivity (Wildman–Crippen MR) is 86.7 cm³/mol. The fourth-order valence-corrected chi connectivity index (χ4v) is 2.49. The van der Waals surface area contributed by atoms with Crippen LogP contribution in [0.4, 0.5) is 11.4 Å². The zero-order chi connectivity index (χ0) is 17.9. The van der Waals surface area contributed by atoms with E-state index >= 15 is 0 Å². The van der Waals surface area contributed by atoms with E-state index in [9.17, 15) is 25.0 Å². The first-order chi connectivity index (χ1) is 11.3. The summed E-state index contributed by atoms with van der Waals surface area (Å²) in [6.07, 6.45) is 0. The van der Waals surface area contributed by atoms with E-state index in [2.05, 4.69) is 0 Å². The van der Waals surface area contributed by atoms with Gasteiger partial charge in [0.05, 0.1) is 9.85 Å². The minimum atomic E-state index is -1.14. The van der Waals surface area contributed by atoms with Crippen LogP contribution >= 0.6 is 0 Å². The summed E-state index contributed by atoms with van der Waals surface area (Å²) >= 11 is 0. The number of nitro benzene ring substituents is 2. The zero-order valence-electron chi connectivity index (χ0n) is 13.1. The highest BCUT2D eigenvalue weighted by Crippen LogP contribution is 2.37. The number of likely N-dealkylation sites (N-methyl/N-ethyl adjacent to an activating group) is 1. The largest absolute Gasteiger partial charge is 0.348 e. The molecular weight excluding hydrogens is 314 g/mol. The third-order valence-electron chi connectivity index (χ3n) is 3.58. The summed E-state index contributed by atoms with van der Waals surface area (Å²) in [7, 11) is 3.00. The maximum Gasteiger partial charge on any atom is 0.273 e. The Morgan fingerprint density at radius 3 is 1.58 bits per heavy atom. The van der Waals surface area contributed by atoms with E-state index in [1.165, 1.54) is 55.4 Å². The Labute approximate surface area is 137 Å². The van der Waals surface area contributed by atoms with Crippen molar-refractivity contribution < 1.29 is 14.6 Å². The summed E-state index contributed by atoms with van der Waals surface area (Å²) in [6.45, 7) is 0. The van der Waals surface area contributed by atoms with Gasteiger partial charge in [0, 0.05) is 37.4 Å². The van der Waals surface area contributed by atoms with Crippen molar-refractivity contribution in [2.24, 2.45) is 0 Å². The van der Waals surface area contributed by atoms with Crippen LogP contribution in [0, 0.1) is 20.2 Å². The lowest BCUT2D eigenvalue weighted by molar-refractivity contribution is -0.386. The summed E-state index contributed by atoms with van der Waals surface area (Å²) < 4.78 is 0. The first-order valence-corrected chi connectivity index (χ1v) is 7.02. The summed E-state index contributed by atoms with van der Waals surface area (Å²) in [5.41, 5.74) is -0.266. The van der Waals surface area contributed by atoms with Crippen LogP contribution in [-0.4, -0.2) is 34.7 Å². The molecule has 0 bridgehead atoms. The molecule has 0 aliphatic rings. The number of carbonyl (C=O) groups excluding carboxylic acids is 1. The molecule has 2 aromatic rings. The normalized spacial score (nSPS) is 10.5. The quantitative estimate of drug-likeness (QED) is 0.619. The maximum absolute atomic E-state index is 12.7. The van der Waals surface area contributed by atoms with Crippen LogP contribution in [0.5, 0.6) is 0 Å². The van der Waals surface area contributed by atoms with Crippen molar-refractivity contribution in [3.63, 3.8) is 0 Å². The second-order valence-electron chi connectivity index (χ2n) is 5.30. The van der Waals surface area contributed by atoms with Gasteiger partial charge >= 0.3 is 0 Å². The monoisotopic (exact) mass is 329 g/mol. The molecule has 0 N–H and O–H groups in total. The van der Waals surface area contributed by atoms with Crippen LogP contribution in [-0.2, 0) is 4.79 Å². The molecule has 0 fully saturated rings. The second-order valence-corrected chi connectivity index (χ2v) is 5.30. The first kappa shape index (κ1) is 17.1. The Morgan fingerprint density at radius 2 is 1.25 bits per heavy atom. The zero-order valence-corrected chi connectivity index (χ0v) is 13.1. The third kappa shape index (κ3) is 3.22. The van der Waals surface area contributed by atoms with Gasteiger partial charge in [0.25, 0.3) is 11.4 Å². The number of carbonyl (C=O) groups is 1. The number of rotatable bonds is 5. The molecule has 0 spiro atoms. The maximum atomic E-state index is 12.7. The molecule has 8 nitrogen and oxygen atoms in total. The van der Waals surface area contributed by atoms with Crippen molar-refractivity contribution in [1.29, 1.82) is 0 Å². The molecule has 0 aromatic heterocycles. The topological polar surface area (TPSA) is 107 Å². The molecule has 0 saturated heterocycles. The van der Waals surface area contributed by atoms with Crippen molar-refractivity contribution in [2.75, 3.05) is 14.1 Å². The Balaban J connectivity index is 2.76. The summed E-state index contributed by atoms with van der Waals surface area (Å²) in [5, 5.41) is 22.6. The molecule has 0 unspecified atom stereocenters. The lowest BCUT2D eigenvalue weighted by Crippen LogP contribution is -2.29. The third-order valence-corrected chi connectivity index (χ3v) is 3.58. The Bertz CT molecular complexity index is 746. The number of hydrogen-bond donors (Lipinski definition) is 0. The molecule has 0 aliphatic heterocycles. The van der Waals surface area contributed by atoms with E-state index < -0.39 is 21.7 Å². The van der Waals surface area contributed by atoms with E-state index in [-0.39, 0.29) is 22.5 Å². The molecule has 2 aromatic carbocycles. The minimum Gasteiger partial charge on any atom is -0.348 e. The van der Waals surface area contributed by atoms with E-state index in [0.717, 1.165) is 0 Å². The minimum absolute atomic E-state index is 0.121. The molecule has 24 heavy (non-hydrogen) atoms. The van der Waals surface area contributed by atoms with Gasteiger partial charge in [0.15, 0.2) is 0 Å². The molecule has 0 heterocycles. The van der Waals surface area contributed by atoms with Gasteiger partial charge in [-0.1, -0.05) is 36.4 Å². The molecule has 0 saturated carbocycles. The van der Waals surface area contributed by atoms with Crippen molar-refractivity contribution in [2.45, 2.75) is 5.92 Å². The van der Waals surface area contributed by atoms with Gasteiger partial charge in [-0.25, -0.2) is 0 Å². The highest BCUT2D eigenvalue weighted by molar-refractivity contribution is 5.89. The lowest BCUT2D eigenvalue weighted by Gasteiger charge is -2.21. The van der Waals surface area contributed by atoms with E-state index in [1.807, 2.05) is 0 Å². The summed E-state index contributed by atoms with van der Waals surface area (Å²) in [5.74, 6) is -1.61. The van der Waals surface area contributed by atoms with Crippen molar-refractivity contribution >= 4 is 17.3 Å². The van der Waals surface area contributed by atoms with Crippen LogP contribution in [0.2, 0.25) is 0 Å². The fraction of sp³-hybridized carbons (Fsp3) is 0.188. The number of hydrogen-bond acceptors (Lipinski definition) is 5. The molecule has 8 heteroatoms. The van der Waals surface area contributed by atoms with Crippen LogP contribution in [0.1, 0.15) is 17.0 Å². The molecule has 0 radical (unpaired) electrons. The summed E-state index contributed by atoms with van der Waals surface area (Å²) in [6, 6.07) is 11.5. The smallest absolute Gasteiger partial charge is 0.273 e. The van der Waals surface area contributed by atoms with Crippen molar-refractivity contribution in [1.82, 2.24) is 4.90 Å². The number of para-hydroxylation sites is 2. The first-order valence-electron chi connectivity index (χ1n) is 7.02. The molecule has 1 amide bonds. The van der Waals surface area contributed by atoms with Crippen LogP contribution < -0.4 is 0 Å². The summed E-state index contributed by atoms with van der Waals surface area (Å²) in [4.78, 5) is 35.4. The van der Waals surface area contributed by atoms with E-state index in [4.69, 9.17) is 0 Å². The number of nitro groups is 2. The molecule has 124 valence electrons. The molecule has 0 aliphatic carbocycles. The average Bonchev–Trinajstić information content (AvgIpc) is 2.55. The van der Waals surface area contributed by atoms with Crippen LogP contribution in [0.3, 0.4) is 0 Å². The van der Waals surface area contributed by atoms with Crippen LogP contribution in [0.25, 0.3) is 0 Å². The molecule has 0 atom stereocenters. The van der Waals surface area contributed by atoms with E-state index in [1.54, 1.807) is 12.1 Å². The highest BCUT2D eigenvalue weighted by Gasteiger charge is 2.34. The van der Waals surface area contributed by atoms with Crippen molar-refractivity contribution in [3.8, 4) is 0 Å². The van der Waals surface area contributed by atoms with Gasteiger partial charge < -0.3 is 4.90 Å².